The van der Waals surface area contributed by atoms with Gasteiger partial charge in [-0.2, -0.15) is 0 Å². The van der Waals surface area contributed by atoms with Crippen LogP contribution in [0.1, 0.15) is 18.9 Å². The lowest BCUT2D eigenvalue weighted by atomic mass is 10.1. The first-order chi connectivity index (χ1) is 15.3. The summed E-state index contributed by atoms with van der Waals surface area (Å²) in [5, 5.41) is 0. The summed E-state index contributed by atoms with van der Waals surface area (Å²) in [5.74, 6) is -0.290. The molecule has 0 radical (unpaired) electrons. The third kappa shape index (κ3) is 4.99. The zero-order chi connectivity index (χ0) is 22.7. The zero-order valence-corrected chi connectivity index (χ0v) is 18.7. The minimum atomic E-state index is -3.71. The van der Waals surface area contributed by atoms with Gasteiger partial charge in [0.05, 0.1) is 0 Å². The lowest BCUT2D eigenvalue weighted by Crippen LogP contribution is -2.46. The Morgan fingerprint density at radius 1 is 0.938 bits per heavy atom. The quantitative estimate of drug-likeness (QED) is 0.673. The molecule has 2 aliphatic heterocycles. The average Bonchev–Trinajstić information content (AvgIpc) is 3.01. The molecule has 4 rings (SSSR count). The van der Waals surface area contributed by atoms with Crippen LogP contribution >= 0.6 is 0 Å². The van der Waals surface area contributed by atoms with Crippen molar-refractivity contribution in [3.05, 3.63) is 71.3 Å². The van der Waals surface area contributed by atoms with Crippen LogP contribution in [0.15, 0.2) is 59.1 Å². The third-order valence-electron chi connectivity index (χ3n) is 5.77. The number of hydrogen-bond donors (Lipinski definition) is 1. The van der Waals surface area contributed by atoms with Crippen molar-refractivity contribution in [1.82, 2.24) is 9.62 Å². The Bertz CT molecular complexity index is 1120. The molecule has 9 heteroatoms. The Labute approximate surface area is 187 Å². The maximum Gasteiger partial charge on any atom is 0.264 e. The molecule has 0 saturated carbocycles. The molecule has 0 aromatic heterocycles. The van der Waals surface area contributed by atoms with Crippen molar-refractivity contribution < 1.29 is 17.2 Å². The van der Waals surface area contributed by atoms with Crippen LogP contribution in [0.4, 0.5) is 14.5 Å². The molecule has 0 aliphatic carbocycles. The summed E-state index contributed by atoms with van der Waals surface area (Å²) in [4.78, 5) is 9.21. The van der Waals surface area contributed by atoms with E-state index in [0.29, 0.717) is 23.5 Å². The van der Waals surface area contributed by atoms with Crippen LogP contribution < -0.4 is 9.62 Å². The van der Waals surface area contributed by atoms with Gasteiger partial charge in [-0.15, -0.1) is 0 Å². The highest BCUT2D eigenvalue weighted by Crippen LogP contribution is 2.29. The third-order valence-corrected chi connectivity index (χ3v) is 7.31. The van der Waals surface area contributed by atoms with E-state index in [1.54, 1.807) is 19.1 Å². The van der Waals surface area contributed by atoms with Gasteiger partial charge in [-0.05, 0) is 55.3 Å². The minimum absolute atomic E-state index is 0.146. The van der Waals surface area contributed by atoms with Crippen molar-refractivity contribution in [2.24, 2.45) is 4.99 Å². The van der Waals surface area contributed by atoms with E-state index < -0.39 is 15.8 Å². The number of hydrogen-bond acceptors (Lipinski definition) is 5. The lowest BCUT2D eigenvalue weighted by Gasteiger charge is -2.36. The maximum absolute atomic E-state index is 13.2. The molecule has 2 aromatic rings. The predicted octanol–water partition coefficient (Wildman–Crippen LogP) is 3.24. The summed E-state index contributed by atoms with van der Waals surface area (Å²) in [7, 11) is -3.71. The Hall–Kier alpha value is -2.78. The maximum atomic E-state index is 13.2. The smallest absolute Gasteiger partial charge is 0.264 e. The van der Waals surface area contributed by atoms with Gasteiger partial charge >= 0.3 is 0 Å². The van der Waals surface area contributed by atoms with Crippen molar-refractivity contribution in [3.63, 3.8) is 0 Å². The van der Waals surface area contributed by atoms with E-state index in [2.05, 4.69) is 19.5 Å². The van der Waals surface area contributed by atoms with Crippen molar-refractivity contribution in [3.8, 4) is 0 Å². The number of benzene rings is 2. The van der Waals surface area contributed by atoms with Crippen molar-refractivity contribution in [2.45, 2.75) is 13.3 Å². The molecule has 2 aliphatic rings. The summed E-state index contributed by atoms with van der Waals surface area (Å²) in [5.41, 5.74) is 2.02. The number of anilines is 1. The molecular weight excluding hydrogens is 434 g/mol. The van der Waals surface area contributed by atoms with Gasteiger partial charge in [0, 0.05) is 50.5 Å². The fourth-order valence-electron chi connectivity index (χ4n) is 4.05. The Morgan fingerprint density at radius 2 is 1.53 bits per heavy atom. The van der Waals surface area contributed by atoms with Gasteiger partial charge in [0.2, 0.25) is 0 Å². The van der Waals surface area contributed by atoms with Gasteiger partial charge < -0.3 is 4.90 Å². The summed E-state index contributed by atoms with van der Waals surface area (Å²) in [6.07, 6.45) is 0.806. The Balaban J connectivity index is 1.30. The second kappa shape index (κ2) is 9.38. The molecule has 0 atom stereocenters. The first-order valence-corrected chi connectivity index (χ1v) is 12.1. The van der Waals surface area contributed by atoms with Crippen LogP contribution in [0.3, 0.4) is 0 Å². The average molecular weight is 461 g/mol. The van der Waals surface area contributed by atoms with Crippen LogP contribution in [0.2, 0.25) is 0 Å². The lowest BCUT2D eigenvalue weighted by molar-refractivity contribution is 0.256. The number of aliphatic imine (C=N–C) groups is 1. The summed E-state index contributed by atoms with van der Waals surface area (Å²) < 4.78 is 53.9. The van der Waals surface area contributed by atoms with E-state index in [-0.39, 0.29) is 10.7 Å². The highest BCUT2D eigenvalue weighted by Gasteiger charge is 2.32. The molecule has 0 spiro atoms. The van der Waals surface area contributed by atoms with Crippen LogP contribution in [0.25, 0.3) is 4.91 Å². The van der Waals surface area contributed by atoms with E-state index in [1.807, 2.05) is 0 Å². The zero-order valence-electron chi connectivity index (χ0n) is 17.9. The van der Waals surface area contributed by atoms with Gasteiger partial charge in [0.1, 0.15) is 22.4 Å². The molecule has 6 nitrogen and oxygen atoms in total. The molecule has 1 fully saturated rings. The predicted molar refractivity (Wildman–Crippen MR) is 123 cm³/mol. The van der Waals surface area contributed by atoms with Crippen LogP contribution in [0, 0.1) is 11.6 Å². The minimum Gasteiger partial charge on any atom is -0.369 e. The van der Waals surface area contributed by atoms with E-state index in [0.717, 1.165) is 44.8 Å². The summed E-state index contributed by atoms with van der Waals surface area (Å²) in [6.45, 7) is 6.66. The molecule has 0 bridgehead atoms. The number of nitrogens with zero attached hydrogens (tertiary/aromatic N) is 3. The van der Waals surface area contributed by atoms with E-state index in [1.165, 1.54) is 36.4 Å². The van der Waals surface area contributed by atoms with Crippen molar-refractivity contribution in [2.75, 3.05) is 44.2 Å². The second-order valence-corrected chi connectivity index (χ2v) is 9.57. The van der Waals surface area contributed by atoms with Gasteiger partial charge in [-0.3, -0.25) is 14.6 Å². The molecule has 1 saturated heterocycles. The first-order valence-electron chi connectivity index (χ1n) is 10.6. The molecule has 32 heavy (non-hydrogen) atoms. The Morgan fingerprint density at radius 3 is 2.16 bits per heavy atom. The molecular formula is C23H26F2N4O2S. The second-order valence-electron chi connectivity index (χ2n) is 7.96. The summed E-state index contributed by atoms with van der Waals surface area (Å²) in [6, 6.07) is 12.0. The number of halogens is 2. The number of piperazine rings is 1. The van der Waals surface area contributed by atoms with Gasteiger partial charge in [0.25, 0.3) is 10.0 Å². The number of nitrogens with one attached hydrogen (secondary N) is 1. The van der Waals surface area contributed by atoms with Crippen LogP contribution in [-0.4, -0.2) is 58.4 Å². The fraction of sp³-hybridized carbons (Fsp3) is 0.348. The first kappa shape index (κ1) is 22.4. The monoisotopic (exact) mass is 460 g/mol. The number of amidine groups is 1. The van der Waals surface area contributed by atoms with Gasteiger partial charge in [0.15, 0.2) is 0 Å². The van der Waals surface area contributed by atoms with E-state index >= 15 is 0 Å². The molecule has 0 unspecified atom stereocenters. The summed E-state index contributed by atoms with van der Waals surface area (Å²) >= 11 is 0. The number of rotatable bonds is 6. The van der Waals surface area contributed by atoms with Crippen molar-refractivity contribution >= 4 is 26.5 Å². The SMILES string of the molecule is CC1=C(c2ccc(F)cc2)S(=O)(=O)NC1=NCCCN1CCN(c2ccc(F)cc2)CC1. The fourth-order valence-corrected chi connectivity index (χ4v) is 5.57. The molecule has 0 amide bonds. The van der Waals surface area contributed by atoms with Crippen LogP contribution in [-0.2, 0) is 10.0 Å². The largest absolute Gasteiger partial charge is 0.369 e. The molecule has 2 aromatic carbocycles. The van der Waals surface area contributed by atoms with Crippen LogP contribution in [0.5, 0.6) is 0 Å². The van der Waals surface area contributed by atoms with Gasteiger partial charge in [-0.1, -0.05) is 12.1 Å². The normalized spacial score (nSPS) is 20.1. The standard InChI is InChI=1S/C23H26F2N4O2S/c1-17-22(18-3-5-19(24)6-4-18)32(30,31)27-23(17)26-11-2-12-28-13-15-29(16-14-28)21-9-7-20(25)8-10-21/h3-10H,2,11-16H2,1H3,(H,26,27). The highest BCUT2D eigenvalue weighted by atomic mass is 32.2. The van der Waals surface area contributed by atoms with E-state index in [4.69, 9.17) is 0 Å². The molecule has 1 N–H and O–H groups in total. The number of sulfonamides is 1. The van der Waals surface area contributed by atoms with Gasteiger partial charge in [-0.25, -0.2) is 17.2 Å². The van der Waals surface area contributed by atoms with E-state index in [9.17, 15) is 17.2 Å². The molecule has 170 valence electrons. The molecule has 2 heterocycles. The Kier molecular flexibility index (Phi) is 6.57. The van der Waals surface area contributed by atoms with Crippen molar-refractivity contribution in [1.29, 1.82) is 0 Å². The topological polar surface area (TPSA) is 65.0 Å². The highest BCUT2D eigenvalue weighted by molar-refractivity contribution is 8.00.